The largest absolute Gasteiger partial charge is 0.507 e. The van der Waals surface area contributed by atoms with Crippen molar-refractivity contribution in [2.24, 2.45) is 5.10 Å². The van der Waals surface area contributed by atoms with Crippen LogP contribution in [0.5, 0.6) is 5.75 Å². The van der Waals surface area contributed by atoms with Crippen molar-refractivity contribution in [1.29, 1.82) is 0 Å². The molecule has 1 amide bonds. The minimum absolute atomic E-state index is 0.0604. The smallest absolute Gasteiger partial charge is 0.271 e. The van der Waals surface area contributed by atoms with E-state index in [4.69, 9.17) is 11.6 Å². The number of hydrogen-bond acceptors (Lipinski definition) is 3. The average Bonchev–Trinajstić information content (AvgIpc) is 2.47. The van der Waals surface area contributed by atoms with Gasteiger partial charge in [-0.05, 0) is 44.2 Å². The van der Waals surface area contributed by atoms with Crippen LogP contribution in [0.15, 0.2) is 47.6 Å². The van der Waals surface area contributed by atoms with Gasteiger partial charge in [-0.3, -0.25) is 4.79 Å². The summed E-state index contributed by atoms with van der Waals surface area (Å²) in [6.45, 7) is 3.63. The Morgan fingerprint density at radius 2 is 1.86 bits per heavy atom. The molecule has 0 aliphatic heterocycles. The Morgan fingerprint density at radius 1 is 1.19 bits per heavy atom. The van der Waals surface area contributed by atoms with Gasteiger partial charge in [0.1, 0.15) is 5.75 Å². The first-order valence-electron chi connectivity index (χ1n) is 6.37. The summed E-state index contributed by atoms with van der Waals surface area (Å²) in [5.41, 5.74) is 5.00. The minimum Gasteiger partial charge on any atom is -0.507 e. The number of hydrazone groups is 1. The van der Waals surface area contributed by atoms with Crippen molar-refractivity contribution in [3.8, 4) is 5.75 Å². The number of aromatic hydroxyl groups is 1. The van der Waals surface area contributed by atoms with Gasteiger partial charge < -0.3 is 5.11 Å². The topological polar surface area (TPSA) is 61.7 Å². The van der Waals surface area contributed by atoms with Crippen LogP contribution in [0.4, 0.5) is 0 Å². The van der Waals surface area contributed by atoms with Crippen LogP contribution in [0, 0.1) is 6.92 Å². The summed E-state index contributed by atoms with van der Waals surface area (Å²) in [5.74, 6) is -0.249. The number of aryl methyl sites for hydroxylation is 1. The van der Waals surface area contributed by atoms with Gasteiger partial charge in [0.15, 0.2) is 0 Å². The lowest BCUT2D eigenvalue weighted by atomic mass is 10.1. The Kier molecular flexibility index (Phi) is 4.60. The first-order valence-corrected chi connectivity index (χ1v) is 6.75. The SMILES string of the molecule is C/C(=N\NC(=O)c1ccc(C)cc1)c1cc(Cl)ccc1O. The van der Waals surface area contributed by atoms with Crippen LogP contribution in [-0.4, -0.2) is 16.7 Å². The zero-order valence-corrected chi connectivity index (χ0v) is 12.5. The third kappa shape index (κ3) is 3.83. The van der Waals surface area contributed by atoms with E-state index in [1.165, 1.54) is 6.07 Å². The number of phenolic OH excluding ortho intramolecular Hbond substituents is 1. The molecule has 5 heteroatoms. The molecule has 0 aliphatic carbocycles. The van der Waals surface area contributed by atoms with Gasteiger partial charge in [-0.1, -0.05) is 29.3 Å². The fourth-order valence-corrected chi connectivity index (χ4v) is 1.93. The summed E-state index contributed by atoms with van der Waals surface area (Å²) < 4.78 is 0. The standard InChI is InChI=1S/C16H15ClN2O2/c1-10-3-5-12(6-4-10)16(21)19-18-11(2)14-9-13(17)7-8-15(14)20/h3-9,20H,1-2H3,(H,19,21)/b18-11+. The molecule has 2 N–H and O–H groups in total. The van der Waals surface area contributed by atoms with E-state index in [1.807, 2.05) is 19.1 Å². The fraction of sp³-hybridized carbons (Fsp3) is 0.125. The number of nitrogens with zero attached hydrogens (tertiary/aromatic N) is 1. The highest BCUT2D eigenvalue weighted by atomic mass is 35.5. The van der Waals surface area contributed by atoms with Crippen molar-refractivity contribution in [3.05, 3.63) is 64.2 Å². The van der Waals surface area contributed by atoms with E-state index in [0.29, 0.717) is 21.9 Å². The van der Waals surface area contributed by atoms with E-state index in [-0.39, 0.29) is 11.7 Å². The summed E-state index contributed by atoms with van der Waals surface area (Å²) >= 11 is 5.88. The van der Waals surface area contributed by atoms with E-state index in [2.05, 4.69) is 10.5 Å². The summed E-state index contributed by atoms with van der Waals surface area (Å²) in [5, 5.41) is 14.2. The summed E-state index contributed by atoms with van der Waals surface area (Å²) in [6, 6.07) is 11.8. The lowest BCUT2D eigenvalue weighted by Gasteiger charge is -2.06. The first kappa shape index (κ1) is 15.1. The molecule has 0 fully saturated rings. The third-order valence-electron chi connectivity index (χ3n) is 2.99. The van der Waals surface area contributed by atoms with E-state index in [9.17, 15) is 9.90 Å². The summed E-state index contributed by atoms with van der Waals surface area (Å²) in [4.78, 5) is 11.9. The molecule has 0 atom stereocenters. The van der Waals surface area contributed by atoms with Crippen LogP contribution < -0.4 is 5.43 Å². The van der Waals surface area contributed by atoms with Gasteiger partial charge in [0.2, 0.25) is 0 Å². The van der Waals surface area contributed by atoms with Gasteiger partial charge in [-0.15, -0.1) is 0 Å². The maximum absolute atomic E-state index is 11.9. The quantitative estimate of drug-likeness (QED) is 0.673. The Labute approximate surface area is 128 Å². The van der Waals surface area contributed by atoms with Gasteiger partial charge >= 0.3 is 0 Å². The zero-order valence-electron chi connectivity index (χ0n) is 11.7. The van der Waals surface area contributed by atoms with Crippen LogP contribution >= 0.6 is 11.6 Å². The van der Waals surface area contributed by atoms with Gasteiger partial charge in [0.05, 0.1) is 5.71 Å². The summed E-state index contributed by atoms with van der Waals surface area (Å²) in [6.07, 6.45) is 0. The molecule has 2 aromatic rings. The van der Waals surface area contributed by atoms with Crippen LogP contribution in [0.2, 0.25) is 5.02 Å². The van der Waals surface area contributed by atoms with E-state index in [0.717, 1.165) is 5.56 Å². The number of carbonyl (C=O) groups excluding carboxylic acids is 1. The average molecular weight is 303 g/mol. The molecular formula is C16H15ClN2O2. The minimum atomic E-state index is -0.309. The molecule has 0 unspecified atom stereocenters. The molecule has 0 bridgehead atoms. The number of phenols is 1. The van der Waals surface area contributed by atoms with Crippen LogP contribution in [0.25, 0.3) is 0 Å². The van der Waals surface area contributed by atoms with Crippen molar-refractivity contribution in [2.75, 3.05) is 0 Å². The molecule has 0 heterocycles. The number of halogens is 1. The molecule has 108 valence electrons. The molecule has 21 heavy (non-hydrogen) atoms. The lowest BCUT2D eigenvalue weighted by Crippen LogP contribution is -2.19. The van der Waals surface area contributed by atoms with Crippen LogP contribution in [0.1, 0.15) is 28.4 Å². The number of benzene rings is 2. The lowest BCUT2D eigenvalue weighted by molar-refractivity contribution is 0.0955. The fourth-order valence-electron chi connectivity index (χ4n) is 1.76. The number of amides is 1. The van der Waals surface area contributed by atoms with E-state index in [1.54, 1.807) is 31.2 Å². The predicted octanol–water partition coefficient (Wildman–Crippen LogP) is 3.51. The van der Waals surface area contributed by atoms with Crippen molar-refractivity contribution in [2.45, 2.75) is 13.8 Å². The first-order chi connectivity index (χ1) is 9.97. The Bertz CT molecular complexity index is 694. The normalized spacial score (nSPS) is 11.3. The summed E-state index contributed by atoms with van der Waals surface area (Å²) in [7, 11) is 0. The Hall–Kier alpha value is -2.33. The molecule has 0 radical (unpaired) electrons. The van der Waals surface area contributed by atoms with Gasteiger partial charge in [0, 0.05) is 16.1 Å². The monoisotopic (exact) mass is 302 g/mol. The molecule has 0 saturated heterocycles. The van der Waals surface area contributed by atoms with E-state index < -0.39 is 0 Å². The predicted molar refractivity (Wildman–Crippen MR) is 84.0 cm³/mol. The van der Waals surface area contributed by atoms with Crippen LogP contribution in [0.3, 0.4) is 0 Å². The molecule has 0 saturated carbocycles. The Balaban J connectivity index is 2.14. The number of nitrogens with one attached hydrogen (secondary N) is 1. The number of carbonyl (C=O) groups is 1. The van der Waals surface area contributed by atoms with E-state index >= 15 is 0 Å². The van der Waals surface area contributed by atoms with Crippen molar-refractivity contribution < 1.29 is 9.90 Å². The molecule has 0 spiro atoms. The third-order valence-corrected chi connectivity index (χ3v) is 3.22. The maximum Gasteiger partial charge on any atom is 0.271 e. The van der Waals surface area contributed by atoms with Crippen molar-refractivity contribution >= 4 is 23.2 Å². The molecular weight excluding hydrogens is 288 g/mol. The number of hydrogen-bond donors (Lipinski definition) is 2. The second-order valence-electron chi connectivity index (χ2n) is 4.67. The van der Waals surface area contributed by atoms with Crippen molar-refractivity contribution in [3.63, 3.8) is 0 Å². The highest BCUT2D eigenvalue weighted by Crippen LogP contribution is 2.22. The van der Waals surface area contributed by atoms with Gasteiger partial charge in [-0.2, -0.15) is 5.10 Å². The van der Waals surface area contributed by atoms with Crippen molar-refractivity contribution in [1.82, 2.24) is 5.43 Å². The zero-order chi connectivity index (χ0) is 15.4. The molecule has 2 rings (SSSR count). The second kappa shape index (κ2) is 6.41. The molecule has 0 aromatic heterocycles. The molecule has 4 nitrogen and oxygen atoms in total. The maximum atomic E-state index is 11.9. The highest BCUT2D eigenvalue weighted by molar-refractivity contribution is 6.31. The number of rotatable bonds is 3. The van der Waals surface area contributed by atoms with Gasteiger partial charge in [-0.25, -0.2) is 5.43 Å². The van der Waals surface area contributed by atoms with Gasteiger partial charge in [0.25, 0.3) is 5.91 Å². The molecule has 0 aliphatic rings. The second-order valence-corrected chi connectivity index (χ2v) is 5.10. The highest BCUT2D eigenvalue weighted by Gasteiger charge is 2.07. The Morgan fingerprint density at radius 3 is 2.52 bits per heavy atom. The molecule has 2 aromatic carbocycles. The van der Waals surface area contributed by atoms with Crippen LogP contribution in [-0.2, 0) is 0 Å².